The maximum absolute atomic E-state index is 6.32. The molecule has 0 spiro atoms. The molecule has 112 valence electrons. The second-order valence-corrected chi connectivity index (χ2v) is 6.75. The summed E-state index contributed by atoms with van der Waals surface area (Å²) in [6.45, 7) is 8.72. The fourth-order valence-electron chi connectivity index (χ4n) is 2.39. The van der Waals surface area contributed by atoms with Crippen LogP contribution in [0.3, 0.4) is 0 Å². The van der Waals surface area contributed by atoms with Gasteiger partial charge in [-0.1, -0.05) is 68.8 Å². The van der Waals surface area contributed by atoms with Gasteiger partial charge in [0.05, 0.1) is 0 Å². The van der Waals surface area contributed by atoms with Crippen LogP contribution in [0.4, 0.5) is 0 Å². The smallest absolute Gasteiger partial charge is 0.0459 e. The van der Waals surface area contributed by atoms with Crippen LogP contribution in [0.5, 0.6) is 0 Å². The average molecular weight is 302 g/mol. The quantitative estimate of drug-likeness (QED) is 0.768. The standard InChI is InChI=1S/C19H24ClN/c1-5-19(3,4)16-9-6-14(7-10-16)15-8-11-17(13(2)21)18(20)12-15/h6-13H,5,21H2,1-4H3. The molecule has 2 heteroatoms. The van der Waals surface area contributed by atoms with Crippen LogP contribution in [0, 0.1) is 0 Å². The minimum atomic E-state index is -0.0423. The zero-order chi connectivity index (χ0) is 15.6. The van der Waals surface area contributed by atoms with Crippen molar-refractivity contribution in [2.24, 2.45) is 5.73 Å². The Bertz CT molecular complexity index is 612. The fraction of sp³-hybridized carbons (Fsp3) is 0.368. The molecule has 2 aromatic rings. The molecule has 2 aromatic carbocycles. The van der Waals surface area contributed by atoms with Gasteiger partial charge < -0.3 is 5.73 Å². The lowest BCUT2D eigenvalue weighted by Gasteiger charge is -2.23. The van der Waals surface area contributed by atoms with Gasteiger partial charge >= 0.3 is 0 Å². The number of halogens is 1. The Morgan fingerprint density at radius 3 is 2.10 bits per heavy atom. The normalized spacial score (nSPS) is 13.2. The van der Waals surface area contributed by atoms with E-state index in [1.165, 1.54) is 11.1 Å². The molecule has 0 fully saturated rings. The molecule has 1 atom stereocenters. The predicted octanol–water partition coefficient (Wildman–Crippen LogP) is 5.71. The maximum Gasteiger partial charge on any atom is 0.0459 e. The second-order valence-electron chi connectivity index (χ2n) is 6.34. The average Bonchev–Trinajstić information content (AvgIpc) is 2.47. The highest BCUT2D eigenvalue weighted by atomic mass is 35.5. The third-order valence-corrected chi connectivity index (χ3v) is 4.70. The van der Waals surface area contributed by atoms with Crippen molar-refractivity contribution in [2.45, 2.75) is 45.6 Å². The molecule has 21 heavy (non-hydrogen) atoms. The molecule has 0 radical (unpaired) electrons. The van der Waals surface area contributed by atoms with Crippen molar-refractivity contribution in [3.05, 3.63) is 58.6 Å². The molecule has 1 nitrogen and oxygen atoms in total. The van der Waals surface area contributed by atoms with E-state index in [0.29, 0.717) is 0 Å². The van der Waals surface area contributed by atoms with Gasteiger partial charge in [-0.3, -0.25) is 0 Å². The highest BCUT2D eigenvalue weighted by Gasteiger charge is 2.17. The Balaban J connectivity index is 2.33. The van der Waals surface area contributed by atoms with Crippen LogP contribution in [0.25, 0.3) is 11.1 Å². The molecule has 0 heterocycles. The molecule has 0 saturated carbocycles. The topological polar surface area (TPSA) is 26.0 Å². The molecule has 2 N–H and O–H groups in total. The lowest BCUT2D eigenvalue weighted by atomic mass is 9.82. The van der Waals surface area contributed by atoms with E-state index in [2.05, 4.69) is 51.1 Å². The predicted molar refractivity (Wildman–Crippen MR) is 92.8 cm³/mol. The van der Waals surface area contributed by atoms with Crippen molar-refractivity contribution in [2.75, 3.05) is 0 Å². The Morgan fingerprint density at radius 1 is 1.05 bits per heavy atom. The summed E-state index contributed by atoms with van der Waals surface area (Å²) in [5.41, 5.74) is 10.8. The largest absolute Gasteiger partial charge is 0.324 e. The van der Waals surface area contributed by atoms with Crippen LogP contribution in [0.1, 0.15) is 51.3 Å². The van der Waals surface area contributed by atoms with Gasteiger partial charge in [0, 0.05) is 11.1 Å². The first-order valence-electron chi connectivity index (χ1n) is 7.51. The third kappa shape index (κ3) is 3.48. The Kier molecular flexibility index (Phi) is 4.75. The lowest BCUT2D eigenvalue weighted by Crippen LogP contribution is -2.14. The molecule has 0 bridgehead atoms. The van der Waals surface area contributed by atoms with Crippen molar-refractivity contribution in [3.8, 4) is 11.1 Å². The number of hydrogen-bond donors (Lipinski definition) is 1. The maximum atomic E-state index is 6.32. The summed E-state index contributed by atoms with van der Waals surface area (Å²) < 4.78 is 0. The van der Waals surface area contributed by atoms with Crippen LogP contribution in [-0.4, -0.2) is 0 Å². The van der Waals surface area contributed by atoms with Gasteiger partial charge in [-0.25, -0.2) is 0 Å². The van der Waals surface area contributed by atoms with Gasteiger partial charge in [-0.2, -0.15) is 0 Å². The SMILES string of the molecule is CCC(C)(C)c1ccc(-c2ccc(C(C)N)c(Cl)c2)cc1. The minimum absolute atomic E-state index is 0.0423. The van der Waals surface area contributed by atoms with Crippen molar-refractivity contribution < 1.29 is 0 Å². The van der Waals surface area contributed by atoms with Crippen LogP contribution in [0.15, 0.2) is 42.5 Å². The monoisotopic (exact) mass is 301 g/mol. The summed E-state index contributed by atoms with van der Waals surface area (Å²) in [5, 5.41) is 0.737. The Hall–Kier alpha value is -1.31. The van der Waals surface area contributed by atoms with Gasteiger partial charge in [-0.15, -0.1) is 0 Å². The fourth-order valence-corrected chi connectivity index (χ4v) is 2.75. The van der Waals surface area contributed by atoms with Gasteiger partial charge in [0.15, 0.2) is 0 Å². The second kappa shape index (κ2) is 6.21. The summed E-state index contributed by atoms with van der Waals surface area (Å²) in [6.07, 6.45) is 1.13. The first-order valence-corrected chi connectivity index (χ1v) is 7.89. The molecule has 0 aromatic heterocycles. The van der Waals surface area contributed by atoms with Crippen LogP contribution < -0.4 is 5.73 Å². The van der Waals surface area contributed by atoms with E-state index in [-0.39, 0.29) is 11.5 Å². The summed E-state index contributed by atoms with van der Waals surface area (Å²) in [5.74, 6) is 0. The van der Waals surface area contributed by atoms with Crippen molar-refractivity contribution in [3.63, 3.8) is 0 Å². The first-order chi connectivity index (χ1) is 9.85. The van der Waals surface area contributed by atoms with Gasteiger partial charge in [0.2, 0.25) is 0 Å². The molecule has 1 unspecified atom stereocenters. The number of rotatable bonds is 4. The highest BCUT2D eigenvalue weighted by molar-refractivity contribution is 6.31. The van der Waals surface area contributed by atoms with Crippen molar-refractivity contribution in [1.29, 1.82) is 0 Å². The summed E-state index contributed by atoms with van der Waals surface area (Å²) in [7, 11) is 0. The van der Waals surface area contributed by atoms with Gasteiger partial charge in [0.25, 0.3) is 0 Å². The van der Waals surface area contributed by atoms with Crippen LogP contribution in [-0.2, 0) is 5.41 Å². The van der Waals surface area contributed by atoms with E-state index in [0.717, 1.165) is 22.6 Å². The van der Waals surface area contributed by atoms with E-state index in [1.807, 2.05) is 19.1 Å². The lowest BCUT2D eigenvalue weighted by molar-refractivity contribution is 0.506. The van der Waals surface area contributed by atoms with E-state index >= 15 is 0 Å². The molecular weight excluding hydrogens is 278 g/mol. The molecule has 0 aliphatic heterocycles. The third-order valence-electron chi connectivity index (χ3n) is 4.37. The zero-order valence-corrected chi connectivity index (χ0v) is 14.0. The van der Waals surface area contributed by atoms with Gasteiger partial charge in [-0.05, 0) is 47.1 Å². The Morgan fingerprint density at radius 2 is 1.62 bits per heavy atom. The van der Waals surface area contributed by atoms with E-state index < -0.39 is 0 Å². The van der Waals surface area contributed by atoms with Crippen molar-refractivity contribution >= 4 is 11.6 Å². The molecule has 0 aliphatic carbocycles. The van der Waals surface area contributed by atoms with E-state index in [9.17, 15) is 0 Å². The summed E-state index contributed by atoms with van der Waals surface area (Å²) in [4.78, 5) is 0. The summed E-state index contributed by atoms with van der Waals surface area (Å²) in [6, 6.07) is 14.8. The molecule has 0 amide bonds. The minimum Gasteiger partial charge on any atom is -0.324 e. The van der Waals surface area contributed by atoms with E-state index in [1.54, 1.807) is 0 Å². The van der Waals surface area contributed by atoms with Crippen LogP contribution >= 0.6 is 11.6 Å². The molecular formula is C19H24ClN. The van der Waals surface area contributed by atoms with Gasteiger partial charge in [0.1, 0.15) is 0 Å². The van der Waals surface area contributed by atoms with E-state index in [4.69, 9.17) is 17.3 Å². The summed E-state index contributed by atoms with van der Waals surface area (Å²) >= 11 is 6.32. The van der Waals surface area contributed by atoms with Crippen LogP contribution in [0.2, 0.25) is 5.02 Å². The number of hydrogen-bond acceptors (Lipinski definition) is 1. The number of nitrogens with two attached hydrogens (primary N) is 1. The number of benzene rings is 2. The molecule has 0 aliphatic rings. The van der Waals surface area contributed by atoms with Crippen molar-refractivity contribution in [1.82, 2.24) is 0 Å². The first kappa shape index (κ1) is 16.1. The molecule has 0 saturated heterocycles. The molecule has 2 rings (SSSR count). The highest BCUT2D eigenvalue weighted by Crippen LogP contribution is 2.31. The Labute approximate surface area is 133 Å². The zero-order valence-electron chi connectivity index (χ0n) is 13.3.